The average Bonchev–Trinajstić information content (AvgIpc) is 3.26. The van der Waals surface area contributed by atoms with Gasteiger partial charge in [-0.2, -0.15) is 4.37 Å². The smallest absolute Gasteiger partial charge is 0.150 e. The Bertz CT molecular complexity index is 854. The van der Waals surface area contributed by atoms with E-state index in [0.29, 0.717) is 0 Å². The van der Waals surface area contributed by atoms with Gasteiger partial charge in [0, 0.05) is 38.1 Å². The minimum Gasteiger partial charge on any atom is -0.353 e. The van der Waals surface area contributed by atoms with Crippen molar-refractivity contribution >= 4 is 27.4 Å². The maximum atomic E-state index is 4.72. The molecule has 0 radical (unpaired) electrons. The first kappa shape index (κ1) is 15.4. The lowest BCUT2D eigenvalue weighted by atomic mass is 10.1. The van der Waals surface area contributed by atoms with E-state index in [1.165, 1.54) is 35.3 Å². The summed E-state index contributed by atoms with van der Waals surface area (Å²) in [7, 11) is 0. The van der Waals surface area contributed by atoms with Crippen LogP contribution in [0.4, 0.5) is 5.82 Å². The first-order valence-corrected chi connectivity index (χ1v) is 10.0. The number of anilines is 1. The molecule has 1 saturated heterocycles. The lowest BCUT2D eigenvalue weighted by Gasteiger charge is -2.36. The van der Waals surface area contributed by atoms with Crippen molar-refractivity contribution in [3.05, 3.63) is 59.7 Å². The fraction of sp³-hybridized carbons (Fsp3) is 0.381. The van der Waals surface area contributed by atoms with E-state index in [4.69, 9.17) is 4.37 Å². The lowest BCUT2D eigenvalue weighted by molar-refractivity contribution is 0.221. The van der Waals surface area contributed by atoms with Gasteiger partial charge in [-0.25, -0.2) is 0 Å². The highest BCUT2D eigenvalue weighted by molar-refractivity contribution is 7.13. The van der Waals surface area contributed by atoms with Gasteiger partial charge >= 0.3 is 0 Å². The molecule has 1 aliphatic carbocycles. The number of hydrogen-bond donors (Lipinski definition) is 0. The van der Waals surface area contributed by atoms with Crippen LogP contribution in [0.1, 0.15) is 11.1 Å². The van der Waals surface area contributed by atoms with E-state index in [1.54, 1.807) is 22.7 Å². The second kappa shape index (κ2) is 6.43. The molecule has 128 valence electrons. The van der Waals surface area contributed by atoms with E-state index >= 15 is 0 Å². The molecule has 3 nitrogen and oxygen atoms in total. The predicted octanol–water partition coefficient (Wildman–Crippen LogP) is 3.83. The zero-order chi connectivity index (χ0) is 16.6. The number of rotatable bonds is 3. The number of nitrogens with zero attached hydrogens (tertiary/aromatic N) is 3. The lowest BCUT2D eigenvalue weighted by Crippen LogP contribution is -2.48. The molecule has 3 aromatic rings. The third kappa shape index (κ3) is 2.94. The first-order valence-electron chi connectivity index (χ1n) is 9.25. The normalized spacial score (nSPS) is 18.8. The molecule has 1 fully saturated rings. The van der Waals surface area contributed by atoms with Gasteiger partial charge in [0.2, 0.25) is 0 Å². The average molecular weight is 350 g/mol. The summed E-state index contributed by atoms with van der Waals surface area (Å²) < 4.78 is 6.02. The molecule has 2 heterocycles. The molecule has 0 spiro atoms. The number of fused-ring (bicyclic) bond motifs is 2. The van der Waals surface area contributed by atoms with Crippen molar-refractivity contribution in [3.8, 4) is 0 Å². The number of benzene rings is 2. The maximum absolute atomic E-state index is 4.72. The van der Waals surface area contributed by atoms with Crippen LogP contribution in [0, 0.1) is 5.92 Å². The van der Waals surface area contributed by atoms with Gasteiger partial charge < -0.3 is 4.90 Å². The monoisotopic (exact) mass is 349 g/mol. The molecule has 5 rings (SSSR count). The standard InChI is InChI=1S/C21H23N3S/c1-2-6-18-14-16(13-17(18)5-1)15-23-9-11-24(12-10-23)21-19-7-3-4-8-20(19)25-22-21/h1-8,16H,9-15H2. The van der Waals surface area contributed by atoms with Crippen molar-refractivity contribution in [2.75, 3.05) is 37.6 Å². The molecule has 0 amide bonds. The highest BCUT2D eigenvalue weighted by Gasteiger charge is 2.26. The first-order chi connectivity index (χ1) is 12.4. The Morgan fingerprint density at radius 3 is 2.32 bits per heavy atom. The molecule has 0 bridgehead atoms. The molecule has 2 aromatic carbocycles. The fourth-order valence-corrected chi connectivity index (χ4v) is 5.18. The van der Waals surface area contributed by atoms with Gasteiger partial charge in [-0.1, -0.05) is 36.4 Å². The molecular formula is C21H23N3S. The highest BCUT2D eigenvalue weighted by Crippen LogP contribution is 2.31. The van der Waals surface area contributed by atoms with Gasteiger partial charge in [0.1, 0.15) is 5.82 Å². The van der Waals surface area contributed by atoms with Crippen LogP contribution in [0.2, 0.25) is 0 Å². The van der Waals surface area contributed by atoms with Gasteiger partial charge in [0.05, 0.1) is 4.70 Å². The number of piperazine rings is 1. The van der Waals surface area contributed by atoms with Crippen LogP contribution in [-0.4, -0.2) is 42.0 Å². The summed E-state index contributed by atoms with van der Waals surface area (Å²) in [4.78, 5) is 5.13. The van der Waals surface area contributed by atoms with E-state index in [-0.39, 0.29) is 0 Å². The van der Waals surface area contributed by atoms with E-state index in [2.05, 4.69) is 58.3 Å². The third-order valence-electron chi connectivity index (χ3n) is 5.68. The molecule has 25 heavy (non-hydrogen) atoms. The van der Waals surface area contributed by atoms with Crippen molar-refractivity contribution in [3.63, 3.8) is 0 Å². The van der Waals surface area contributed by atoms with Crippen LogP contribution in [0.5, 0.6) is 0 Å². The van der Waals surface area contributed by atoms with Gasteiger partial charge in [0.25, 0.3) is 0 Å². The minimum atomic E-state index is 0.795. The Morgan fingerprint density at radius 2 is 1.56 bits per heavy atom. The molecule has 0 N–H and O–H groups in total. The van der Waals surface area contributed by atoms with E-state index in [1.807, 2.05) is 0 Å². The minimum absolute atomic E-state index is 0.795. The van der Waals surface area contributed by atoms with Gasteiger partial charge in [-0.05, 0) is 53.6 Å². The quantitative estimate of drug-likeness (QED) is 0.716. The summed E-state index contributed by atoms with van der Waals surface area (Å²) in [6.45, 7) is 5.72. The highest BCUT2D eigenvalue weighted by atomic mass is 32.1. The second-order valence-electron chi connectivity index (χ2n) is 7.33. The van der Waals surface area contributed by atoms with Gasteiger partial charge in [0.15, 0.2) is 0 Å². The van der Waals surface area contributed by atoms with Crippen LogP contribution >= 0.6 is 11.5 Å². The third-order valence-corrected chi connectivity index (χ3v) is 6.50. The molecule has 0 unspecified atom stereocenters. The molecule has 0 saturated carbocycles. The molecule has 0 atom stereocenters. The van der Waals surface area contributed by atoms with Gasteiger partial charge in [-0.15, -0.1) is 0 Å². The van der Waals surface area contributed by atoms with E-state index < -0.39 is 0 Å². The molecule has 4 heteroatoms. The summed E-state index contributed by atoms with van der Waals surface area (Å²) in [6, 6.07) is 17.6. The van der Waals surface area contributed by atoms with E-state index in [9.17, 15) is 0 Å². The van der Waals surface area contributed by atoms with Crippen molar-refractivity contribution in [1.29, 1.82) is 0 Å². The summed E-state index contributed by atoms with van der Waals surface area (Å²) in [5.41, 5.74) is 3.14. The van der Waals surface area contributed by atoms with Crippen LogP contribution < -0.4 is 4.90 Å². The van der Waals surface area contributed by atoms with Crippen molar-refractivity contribution < 1.29 is 0 Å². The van der Waals surface area contributed by atoms with Crippen LogP contribution in [-0.2, 0) is 12.8 Å². The molecule has 2 aliphatic rings. The number of hydrogen-bond acceptors (Lipinski definition) is 4. The van der Waals surface area contributed by atoms with Crippen LogP contribution in [0.15, 0.2) is 48.5 Å². The number of aromatic nitrogens is 1. The van der Waals surface area contributed by atoms with E-state index in [0.717, 1.165) is 32.1 Å². The molecular weight excluding hydrogens is 326 g/mol. The summed E-state index contributed by atoms with van der Waals surface area (Å²) >= 11 is 1.62. The topological polar surface area (TPSA) is 19.4 Å². The van der Waals surface area contributed by atoms with Crippen molar-refractivity contribution in [2.24, 2.45) is 5.92 Å². The predicted molar refractivity (Wildman–Crippen MR) is 106 cm³/mol. The fourth-order valence-electron chi connectivity index (χ4n) is 4.39. The zero-order valence-electron chi connectivity index (χ0n) is 14.4. The Kier molecular flexibility index (Phi) is 3.95. The Hall–Kier alpha value is -1.91. The summed E-state index contributed by atoms with van der Waals surface area (Å²) in [6.07, 6.45) is 2.51. The molecule has 1 aromatic heterocycles. The summed E-state index contributed by atoms with van der Waals surface area (Å²) in [5, 5.41) is 1.31. The zero-order valence-corrected chi connectivity index (χ0v) is 15.2. The largest absolute Gasteiger partial charge is 0.353 e. The maximum Gasteiger partial charge on any atom is 0.150 e. The van der Waals surface area contributed by atoms with Gasteiger partial charge in [-0.3, -0.25) is 4.90 Å². The Labute approximate surface area is 153 Å². The van der Waals surface area contributed by atoms with Crippen LogP contribution in [0.3, 0.4) is 0 Å². The van der Waals surface area contributed by atoms with Crippen LogP contribution in [0.25, 0.3) is 10.1 Å². The van der Waals surface area contributed by atoms with Crippen molar-refractivity contribution in [2.45, 2.75) is 12.8 Å². The SMILES string of the molecule is c1ccc2c(c1)CC(CN1CCN(c3nsc4ccccc34)CC1)C2. The molecule has 1 aliphatic heterocycles. The Morgan fingerprint density at radius 1 is 0.880 bits per heavy atom. The second-order valence-corrected chi connectivity index (χ2v) is 8.14. The Balaban J connectivity index is 1.21. The van der Waals surface area contributed by atoms with Crippen molar-refractivity contribution in [1.82, 2.24) is 9.27 Å². The summed E-state index contributed by atoms with van der Waals surface area (Å²) in [5.74, 6) is 1.98.